The SMILES string of the molecule is CC(C)CN(O)C(=O)[C@@H](O)CC(=O)N[C@H](C(=O)NC1CC1c1ccccc1)C(C)(C)C. The molecule has 0 spiro atoms. The molecule has 4 atom stereocenters. The molecule has 0 heterocycles. The number of rotatable bonds is 9. The van der Waals surface area contributed by atoms with Crippen LogP contribution in [0.25, 0.3) is 0 Å². The summed E-state index contributed by atoms with van der Waals surface area (Å²) in [5.74, 6) is -1.61. The van der Waals surface area contributed by atoms with E-state index in [2.05, 4.69) is 10.6 Å². The molecule has 0 aliphatic heterocycles. The van der Waals surface area contributed by atoms with Crippen LogP contribution in [0, 0.1) is 11.3 Å². The third kappa shape index (κ3) is 7.33. The Hall–Kier alpha value is -2.45. The first-order chi connectivity index (χ1) is 14.4. The molecular formula is C23H35N3O5. The van der Waals surface area contributed by atoms with Crippen molar-refractivity contribution in [3.63, 3.8) is 0 Å². The molecule has 8 heteroatoms. The zero-order valence-corrected chi connectivity index (χ0v) is 19.0. The van der Waals surface area contributed by atoms with Crippen molar-refractivity contribution in [2.24, 2.45) is 11.3 Å². The van der Waals surface area contributed by atoms with Gasteiger partial charge in [-0.05, 0) is 23.3 Å². The van der Waals surface area contributed by atoms with E-state index < -0.39 is 35.8 Å². The van der Waals surface area contributed by atoms with E-state index >= 15 is 0 Å². The lowest BCUT2D eigenvalue weighted by Gasteiger charge is -2.31. The Kier molecular flexibility index (Phi) is 8.20. The molecule has 1 aromatic carbocycles. The Morgan fingerprint density at radius 1 is 1.16 bits per heavy atom. The molecular weight excluding hydrogens is 398 g/mol. The van der Waals surface area contributed by atoms with Gasteiger partial charge in [0, 0.05) is 12.0 Å². The molecule has 0 bridgehead atoms. The summed E-state index contributed by atoms with van der Waals surface area (Å²) in [4.78, 5) is 37.4. The predicted octanol–water partition coefficient (Wildman–Crippen LogP) is 1.81. The summed E-state index contributed by atoms with van der Waals surface area (Å²) >= 11 is 0. The van der Waals surface area contributed by atoms with Crippen molar-refractivity contribution in [2.75, 3.05) is 6.54 Å². The summed E-state index contributed by atoms with van der Waals surface area (Å²) in [6.45, 7) is 9.17. The van der Waals surface area contributed by atoms with E-state index in [1.807, 2.05) is 65.0 Å². The van der Waals surface area contributed by atoms with Gasteiger partial charge in [-0.2, -0.15) is 0 Å². The predicted molar refractivity (Wildman–Crippen MR) is 116 cm³/mol. The maximum absolute atomic E-state index is 12.9. The van der Waals surface area contributed by atoms with E-state index in [4.69, 9.17) is 0 Å². The Labute approximate surface area is 184 Å². The molecule has 4 N–H and O–H groups in total. The minimum atomic E-state index is -1.68. The van der Waals surface area contributed by atoms with Gasteiger partial charge in [0.05, 0.1) is 13.0 Å². The zero-order chi connectivity index (χ0) is 23.3. The van der Waals surface area contributed by atoms with Gasteiger partial charge in [-0.3, -0.25) is 19.6 Å². The summed E-state index contributed by atoms with van der Waals surface area (Å²) in [7, 11) is 0. The highest BCUT2D eigenvalue weighted by Crippen LogP contribution is 2.40. The van der Waals surface area contributed by atoms with Crippen LogP contribution in [0.4, 0.5) is 0 Å². The number of nitrogens with zero attached hydrogens (tertiary/aromatic N) is 1. The second-order valence-corrected chi connectivity index (χ2v) is 9.77. The van der Waals surface area contributed by atoms with Crippen LogP contribution in [0.15, 0.2) is 30.3 Å². The second kappa shape index (κ2) is 10.2. The zero-order valence-electron chi connectivity index (χ0n) is 19.0. The molecule has 1 saturated carbocycles. The number of hydrogen-bond acceptors (Lipinski definition) is 5. The molecule has 0 saturated heterocycles. The number of carbonyl (C=O) groups excluding carboxylic acids is 3. The lowest BCUT2D eigenvalue weighted by atomic mass is 9.86. The Bertz CT molecular complexity index is 775. The van der Waals surface area contributed by atoms with Gasteiger partial charge < -0.3 is 15.7 Å². The maximum atomic E-state index is 12.9. The van der Waals surface area contributed by atoms with Crippen LogP contribution in [-0.2, 0) is 14.4 Å². The van der Waals surface area contributed by atoms with E-state index in [0.29, 0.717) is 5.06 Å². The molecule has 1 aromatic rings. The summed E-state index contributed by atoms with van der Waals surface area (Å²) in [5.41, 5.74) is 0.590. The van der Waals surface area contributed by atoms with E-state index in [1.165, 1.54) is 5.56 Å². The minimum Gasteiger partial charge on any atom is -0.383 e. The number of amides is 3. The van der Waals surface area contributed by atoms with Gasteiger partial charge in [-0.25, -0.2) is 5.06 Å². The summed E-state index contributed by atoms with van der Waals surface area (Å²) in [6, 6.07) is 9.12. The Morgan fingerprint density at radius 2 is 1.77 bits per heavy atom. The Morgan fingerprint density at radius 3 is 2.32 bits per heavy atom. The average molecular weight is 434 g/mol. The molecule has 2 rings (SSSR count). The van der Waals surface area contributed by atoms with Gasteiger partial charge in [0.1, 0.15) is 12.1 Å². The summed E-state index contributed by atoms with van der Waals surface area (Å²) in [5, 5.41) is 25.8. The number of nitrogens with one attached hydrogen (secondary N) is 2. The molecule has 1 fully saturated rings. The first kappa shape index (κ1) is 24.8. The van der Waals surface area contributed by atoms with Gasteiger partial charge in [0.15, 0.2) is 0 Å². The number of carbonyl (C=O) groups is 3. The van der Waals surface area contributed by atoms with Crippen LogP contribution >= 0.6 is 0 Å². The van der Waals surface area contributed by atoms with Crippen molar-refractivity contribution >= 4 is 17.7 Å². The van der Waals surface area contributed by atoms with Crippen molar-refractivity contribution in [1.29, 1.82) is 0 Å². The van der Waals surface area contributed by atoms with Crippen molar-refractivity contribution in [3.8, 4) is 0 Å². The fourth-order valence-electron chi connectivity index (χ4n) is 3.46. The van der Waals surface area contributed by atoms with Crippen LogP contribution in [0.1, 0.15) is 58.9 Å². The summed E-state index contributed by atoms with van der Waals surface area (Å²) < 4.78 is 0. The molecule has 1 aliphatic carbocycles. The highest BCUT2D eigenvalue weighted by molar-refractivity contribution is 5.91. The number of aliphatic hydroxyl groups excluding tert-OH is 1. The number of aliphatic hydroxyl groups is 1. The smallest absolute Gasteiger partial charge is 0.275 e. The van der Waals surface area contributed by atoms with Gasteiger partial charge in [-0.1, -0.05) is 65.0 Å². The van der Waals surface area contributed by atoms with Gasteiger partial charge in [0.25, 0.3) is 5.91 Å². The first-order valence-electron chi connectivity index (χ1n) is 10.7. The van der Waals surface area contributed by atoms with Crippen LogP contribution in [0.5, 0.6) is 0 Å². The largest absolute Gasteiger partial charge is 0.383 e. The van der Waals surface area contributed by atoms with Crippen LogP contribution < -0.4 is 10.6 Å². The van der Waals surface area contributed by atoms with E-state index in [9.17, 15) is 24.7 Å². The van der Waals surface area contributed by atoms with E-state index in [0.717, 1.165) is 6.42 Å². The van der Waals surface area contributed by atoms with Gasteiger partial charge in [-0.15, -0.1) is 0 Å². The lowest BCUT2D eigenvalue weighted by Crippen LogP contribution is -2.55. The normalized spacial score (nSPS) is 20.0. The fraction of sp³-hybridized carbons (Fsp3) is 0.609. The van der Waals surface area contributed by atoms with Crippen LogP contribution in [0.3, 0.4) is 0 Å². The van der Waals surface area contributed by atoms with Crippen molar-refractivity contribution in [3.05, 3.63) is 35.9 Å². The summed E-state index contributed by atoms with van der Waals surface area (Å²) in [6.07, 6.45) is -1.38. The maximum Gasteiger partial charge on any atom is 0.275 e. The van der Waals surface area contributed by atoms with E-state index in [1.54, 1.807) is 0 Å². The molecule has 8 nitrogen and oxygen atoms in total. The van der Waals surface area contributed by atoms with Crippen LogP contribution in [0.2, 0.25) is 0 Å². The molecule has 172 valence electrons. The fourth-order valence-corrected chi connectivity index (χ4v) is 3.46. The quantitative estimate of drug-likeness (QED) is 0.350. The number of hydrogen-bond donors (Lipinski definition) is 4. The Balaban J connectivity index is 1.93. The molecule has 3 amide bonds. The number of hydroxylamine groups is 2. The van der Waals surface area contributed by atoms with Gasteiger partial charge >= 0.3 is 0 Å². The second-order valence-electron chi connectivity index (χ2n) is 9.77. The monoisotopic (exact) mass is 433 g/mol. The molecule has 0 radical (unpaired) electrons. The molecule has 31 heavy (non-hydrogen) atoms. The standard InChI is InChI=1S/C23H35N3O5/c1-14(2)13-26(31)22(30)18(27)12-19(28)25-20(23(3,4)5)21(29)24-17-11-16(17)15-9-7-6-8-10-15/h6-10,14,16-18,20,27,31H,11-13H2,1-5H3,(H,24,29)(H,25,28)/t16?,17?,18-,20+/m0/s1. The van der Waals surface area contributed by atoms with Gasteiger partial charge in [0.2, 0.25) is 11.8 Å². The van der Waals surface area contributed by atoms with Crippen molar-refractivity contribution in [1.82, 2.24) is 15.7 Å². The van der Waals surface area contributed by atoms with Crippen molar-refractivity contribution in [2.45, 2.75) is 71.6 Å². The first-order valence-corrected chi connectivity index (χ1v) is 10.7. The third-order valence-electron chi connectivity index (χ3n) is 5.24. The molecule has 1 aliphatic rings. The molecule has 2 unspecified atom stereocenters. The highest BCUT2D eigenvalue weighted by Gasteiger charge is 2.42. The topological polar surface area (TPSA) is 119 Å². The van der Waals surface area contributed by atoms with E-state index in [-0.39, 0.29) is 30.3 Å². The lowest BCUT2D eigenvalue weighted by molar-refractivity contribution is -0.177. The molecule has 0 aromatic heterocycles. The highest BCUT2D eigenvalue weighted by atomic mass is 16.5. The minimum absolute atomic E-state index is 0.00563. The van der Waals surface area contributed by atoms with Crippen molar-refractivity contribution < 1.29 is 24.7 Å². The number of benzene rings is 1. The average Bonchev–Trinajstić information content (AvgIpc) is 3.43. The van der Waals surface area contributed by atoms with Crippen LogP contribution in [-0.4, -0.2) is 57.8 Å². The third-order valence-corrected chi connectivity index (χ3v) is 5.24.